The quantitative estimate of drug-likeness (QED) is 0.857. The fourth-order valence-electron chi connectivity index (χ4n) is 1.83. The van der Waals surface area contributed by atoms with E-state index in [1.165, 1.54) is 17.8 Å². The van der Waals surface area contributed by atoms with Crippen LogP contribution in [0.3, 0.4) is 0 Å². The Morgan fingerprint density at radius 2 is 2.33 bits per heavy atom. The van der Waals surface area contributed by atoms with Crippen molar-refractivity contribution < 1.29 is 9.18 Å². The first kappa shape index (κ1) is 14.0. The highest BCUT2D eigenvalue weighted by Gasteiger charge is 2.28. The van der Waals surface area contributed by atoms with E-state index in [2.05, 4.69) is 20.8 Å². The zero-order valence-electron chi connectivity index (χ0n) is 11.4. The van der Waals surface area contributed by atoms with Crippen molar-refractivity contribution in [3.63, 3.8) is 0 Å². The molecule has 1 saturated carbocycles. The van der Waals surface area contributed by atoms with Crippen molar-refractivity contribution in [1.29, 1.82) is 0 Å². The molecule has 1 aliphatic carbocycles. The lowest BCUT2D eigenvalue weighted by Gasteiger charge is -2.06. The number of amides is 1. The molecule has 1 fully saturated rings. The lowest BCUT2D eigenvalue weighted by molar-refractivity contribution is -0.113. The molecule has 0 aliphatic heterocycles. The fraction of sp³-hybridized carbons (Fsp3) is 0.385. The summed E-state index contributed by atoms with van der Waals surface area (Å²) in [5.74, 6) is -0.366. The molecule has 110 valence electrons. The number of benzene rings is 1. The van der Waals surface area contributed by atoms with E-state index in [1.54, 1.807) is 23.7 Å². The van der Waals surface area contributed by atoms with Crippen molar-refractivity contribution in [3.8, 4) is 0 Å². The summed E-state index contributed by atoms with van der Waals surface area (Å²) in [6.07, 6.45) is 2.15. The summed E-state index contributed by atoms with van der Waals surface area (Å²) in [4.78, 5) is 11.9. The van der Waals surface area contributed by atoms with Crippen LogP contribution in [0.1, 0.15) is 24.4 Å². The summed E-state index contributed by atoms with van der Waals surface area (Å²) in [5.41, 5.74) is 0.997. The second kappa shape index (κ2) is 5.80. The third kappa shape index (κ3) is 3.38. The van der Waals surface area contributed by atoms with Gasteiger partial charge < -0.3 is 5.32 Å². The molecule has 0 saturated heterocycles. The molecule has 1 aromatic heterocycles. The number of rotatable bonds is 5. The highest BCUT2D eigenvalue weighted by Crippen LogP contribution is 2.36. The number of tetrazole rings is 1. The molecule has 1 heterocycles. The van der Waals surface area contributed by atoms with Crippen LogP contribution in [0.25, 0.3) is 0 Å². The van der Waals surface area contributed by atoms with Gasteiger partial charge in [0.15, 0.2) is 0 Å². The molecular formula is C13H14FN5OS. The smallest absolute Gasteiger partial charge is 0.234 e. The maximum absolute atomic E-state index is 13.4. The zero-order valence-corrected chi connectivity index (χ0v) is 12.2. The first-order valence-corrected chi connectivity index (χ1v) is 7.59. The van der Waals surface area contributed by atoms with E-state index in [0.717, 1.165) is 12.8 Å². The molecule has 0 radical (unpaired) electrons. The van der Waals surface area contributed by atoms with Gasteiger partial charge in [0, 0.05) is 5.69 Å². The average Bonchev–Trinajstić information content (AvgIpc) is 3.19. The van der Waals surface area contributed by atoms with Gasteiger partial charge in [-0.05, 0) is 47.9 Å². The van der Waals surface area contributed by atoms with Gasteiger partial charge in [-0.1, -0.05) is 17.8 Å². The predicted molar refractivity (Wildman–Crippen MR) is 76.6 cm³/mol. The number of hydrogen-bond donors (Lipinski definition) is 1. The van der Waals surface area contributed by atoms with Crippen LogP contribution in [0.15, 0.2) is 23.4 Å². The van der Waals surface area contributed by atoms with Gasteiger partial charge in [0.05, 0.1) is 11.8 Å². The molecule has 0 unspecified atom stereocenters. The zero-order chi connectivity index (χ0) is 14.8. The number of aromatic nitrogens is 4. The van der Waals surface area contributed by atoms with Crippen molar-refractivity contribution in [3.05, 3.63) is 29.6 Å². The number of anilines is 1. The van der Waals surface area contributed by atoms with Crippen molar-refractivity contribution >= 4 is 23.4 Å². The van der Waals surface area contributed by atoms with E-state index < -0.39 is 0 Å². The Hall–Kier alpha value is -1.96. The molecule has 21 heavy (non-hydrogen) atoms. The highest BCUT2D eigenvalue weighted by atomic mass is 32.2. The van der Waals surface area contributed by atoms with E-state index >= 15 is 0 Å². The molecule has 3 rings (SSSR count). The Labute approximate surface area is 125 Å². The second-order valence-electron chi connectivity index (χ2n) is 4.94. The van der Waals surface area contributed by atoms with E-state index in [4.69, 9.17) is 0 Å². The van der Waals surface area contributed by atoms with Gasteiger partial charge in [0.1, 0.15) is 5.82 Å². The van der Waals surface area contributed by atoms with E-state index in [1.807, 2.05) is 0 Å². The molecule has 1 aromatic carbocycles. The summed E-state index contributed by atoms with van der Waals surface area (Å²) in [7, 11) is 0. The van der Waals surface area contributed by atoms with E-state index in [9.17, 15) is 9.18 Å². The molecule has 0 bridgehead atoms. The molecular weight excluding hydrogens is 293 g/mol. The Kier molecular flexibility index (Phi) is 3.87. The molecule has 1 N–H and O–H groups in total. The summed E-state index contributed by atoms with van der Waals surface area (Å²) in [6.45, 7) is 1.68. The van der Waals surface area contributed by atoms with Crippen LogP contribution >= 0.6 is 11.8 Å². The second-order valence-corrected chi connectivity index (χ2v) is 5.88. The van der Waals surface area contributed by atoms with Crippen LogP contribution in [0.2, 0.25) is 0 Å². The number of nitrogens with zero attached hydrogens (tertiary/aromatic N) is 4. The third-order valence-corrected chi connectivity index (χ3v) is 4.08. The average molecular weight is 307 g/mol. The Bertz CT molecular complexity index is 670. The van der Waals surface area contributed by atoms with Crippen LogP contribution in [-0.2, 0) is 4.79 Å². The number of hydrogen-bond acceptors (Lipinski definition) is 5. The van der Waals surface area contributed by atoms with Gasteiger partial charge in [-0.2, -0.15) is 0 Å². The maximum Gasteiger partial charge on any atom is 0.234 e. The highest BCUT2D eigenvalue weighted by molar-refractivity contribution is 7.99. The third-order valence-electron chi connectivity index (χ3n) is 3.14. The SMILES string of the molecule is Cc1ccc(NC(=O)CSc2nnnn2C2CC2)cc1F. The minimum absolute atomic E-state index is 0.183. The first-order valence-electron chi connectivity index (χ1n) is 6.60. The van der Waals surface area contributed by atoms with Gasteiger partial charge >= 0.3 is 0 Å². The molecule has 1 aliphatic rings. The van der Waals surface area contributed by atoms with Gasteiger partial charge in [0.25, 0.3) is 0 Å². The van der Waals surface area contributed by atoms with Crippen molar-refractivity contribution in [1.82, 2.24) is 20.2 Å². The number of halogens is 1. The summed E-state index contributed by atoms with van der Waals surface area (Å²) < 4.78 is 15.2. The predicted octanol–water partition coefficient (Wildman–Crippen LogP) is 2.19. The van der Waals surface area contributed by atoms with Gasteiger partial charge in [-0.25, -0.2) is 9.07 Å². The summed E-state index contributed by atoms with van der Waals surface area (Å²) in [5, 5.41) is 14.7. The summed E-state index contributed by atoms with van der Waals surface area (Å²) in [6, 6.07) is 4.99. The Morgan fingerprint density at radius 1 is 1.52 bits per heavy atom. The molecule has 6 nitrogen and oxygen atoms in total. The molecule has 0 spiro atoms. The number of carbonyl (C=O) groups is 1. The number of carbonyl (C=O) groups excluding carboxylic acids is 1. The lowest BCUT2D eigenvalue weighted by Crippen LogP contribution is -2.15. The number of aryl methyl sites for hydroxylation is 1. The standard InChI is InChI=1S/C13H14FN5OS/c1-8-2-3-9(6-11(8)14)15-12(20)7-21-13-16-17-18-19(13)10-4-5-10/h2-3,6,10H,4-5,7H2,1H3,(H,15,20). The fourth-order valence-corrected chi connectivity index (χ4v) is 2.57. The minimum Gasteiger partial charge on any atom is -0.325 e. The lowest BCUT2D eigenvalue weighted by atomic mass is 10.2. The van der Waals surface area contributed by atoms with Gasteiger partial charge in [-0.15, -0.1) is 5.10 Å². The Morgan fingerprint density at radius 3 is 3.05 bits per heavy atom. The van der Waals surface area contributed by atoms with Crippen molar-refractivity contribution in [2.75, 3.05) is 11.1 Å². The molecule has 1 amide bonds. The van der Waals surface area contributed by atoms with Crippen LogP contribution in [0.5, 0.6) is 0 Å². The monoisotopic (exact) mass is 307 g/mol. The number of thioether (sulfide) groups is 1. The van der Waals surface area contributed by atoms with Crippen LogP contribution in [0, 0.1) is 12.7 Å². The van der Waals surface area contributed by atoms with Crippen LogP contribution in [0.4, 0.5) is 10.1 Å². The largest absolute Gasteiger partial charge is 0.325 e. The van der Waals surface area contributed by atoms with E-state index in [-0.39, 0.29) is 17.5 Å². The molecule has 8 heteroatoms. The summed E-state index contributed by atoms with van der Waals surface area (Å²) >= 11 is 1.28. The Balaban J connectivity index is 1.56. The van der Waals surface area contributed by atoms with Crippen molar-refractivity contribution in [2.45, 2.75) is 31.0 Å². The normalized spacial score (nSPS) is 14.2. The first-order chi connectivity index (χ1) is 10.1. The van der Waals surface area contributed by atoms with Gasteiger partial charge in [0.2, 0.25) is 11.1 Å². The minimum atomic E-state index is -0.335. The van der Waals surface area contributed by atoms with Crippen LogP contribution in [-0.4, -0.2) is 31.9 Å². The van der Waals surface area contributed by atoms with Gasteiger partial charge in [-0.3, -0.25) is 4.79 Å². The van der Waals surface area contributed by atoms with Crippen LogP contribution < -0.4 is 5.32 Å². The molecule has 2 aromatic rings. The topological polar surface area (TPSA) is 72.7 Å². The molecule has 0 atom stereocenters. The number of nitrogens with one attached hydrogen (secondary N) is 1. The van der Waals surface area contributed by atoms with Crippen molar-refractivity contribution in [2.24, 2.45) is 0 Å². The maximum atomic E-state index is 13.4. The van der Waals surface area contributed by atoms with E-state index in [0.29, 0.717) is 22.4 Å².